The highest BCUT2D eigenvalue weighted by atomic mass is 35.5. The average molecular weight is 274 g/mol. The van der Waals surface area contributed by atoms with E-state index in [1.54, 1.807) is 30.3 Å². The van der Waals surface area contributed by atoms with Crippen LogP contribution in [0.25, 0.3) is 22.7 Å². The van der Waals surface area contributed by atoms with Crippen LogP contribution in [-0.2, 0) is 0 Å². The first kappa shape index (κ1) is 11.8. The molecule has 0 bridgehead atoms. The van der Waals surface area contributed by atoms with E-state index in [0.29, 0.717) is 33.4 Å². The molecule has 1 aromatic carbocycles. The molecule has 0 N–H and O–H groups in total. The molecule has 3 rings (SSSR count). The quantitative estimate of drug-likeness (QED) is 0.671. The van der Waals surface area contributed by atoms with Gasteiger partial charge in [0, 0.05) is 5.56 Å². The molecule has 0 radical (unpaired) electrons. The fourth-order valence-electron chi connectivity index (χ4n) is 1.68. The minimum atomic E-state index is -0.0221. The number of benzene rings is 1. The summed E-state index contributed by atoms with van der Waals surface area (Å²) in [6.07, 6.45) is 0. The summed E-state index contributed by atoms with van der Waals surface area (Å²) in [5.41, 5.74) is 2.28. The Kier molecular flexibility index (Phi) is 2.76. The molecule has 0 amide bonds. The summed E-state index contributed by atoms with van der Waals surface area (Å²) in [5, 5.41) is 7.93. The number of aromatic nitrogens is 3. The van der Waals surface area contributed by atoms with E-state index in [2.05, 4.69) is 15.2 Å². The molecule has 0 aliphatic carbocycles. The van der Waals surface area contributed by atoms with E-state index in [4.69, 9.17) is 16.0 Å². The molecule has 0 saturated heterocycles. The summed E-state index contributed by atoms with van der Waals surface area (Å²) in [6, 6.07) is 8.40. The lowest BCUT2D eigenvalue weighted by atomic mass is 10.1. The van der Waals surface area contributed by atoms with E-state index in [9.17, 15) is 4.79 Å². The first-order valence-electron chi connectivity index (χ1n) is 5.54. The summed E-state index contributed by atoms with van der Waals surface area (Å²) in [5.74, 6) is 0.325. The molecule has 2 aromatic heterocycles. The van der Waals surface area contributed by atoms with Crippen LogP contribution in [0.1, 0.15) is 17.3 Å². The minimum Gasteiger partial charge on any atom is -0.435 e. The van der Waals surface area contributed by atoms with Crippen LogP contribution in [0.4, 0.5) is 0 Å². The normalized spacial score (nSPS) is 10.8. The zero-order valence-corrected chi connectivity index (χ0v) is 10.7. The van der Waals surface area contributed by atoms with Gasteiger partial charge in [0.15, 0.2) is 16.5 Å². The molecular weight excluding hydrogens is 266 g/mol. The van der Waals surface area contributed by atoms with Crippen molar-refractivity contribution in [2.75, 3.05) is 0 Å². The maximum atomic E-state index is 11.3. The van der Waals surface area contributed by atoms with E-state index in [1.165, 1.54) is 6.92 Å². The fraction of sp³-hybridized carbons (Fsp3) is 0.0769. The first-order chi connectivity index (χ1) is 9.13. The van der Waals surface area contributed by atoms with Crippen LogP contribution in [0.3, 0.4) is 0 Å². The number of nitrogens with zero attached hydrogens (tertiary/aromatic N) is 3. The monoisotopic (exact) mass is 273 g/mol. The number of oxazole rings is 1. The summed E-state index contributed by atoms with van der Waals surface area (Å²) in [4.78, 5) is 15.6. The van der Waals surface area contributed by atoms with E-state index < -0.39 is 0 Å². The van der Waals surface area contributed by atoms with Crippen molar-refractivity contribution in [2.45, 2.75) is 6.92 Å². The maximum Gasteiger partial charge on any atom is 0.248 e. The van der Waals surface area contributed by atoms with Crippen molar-refractivity contribution in [1.29, 1.82) is 0 Å². The predicted molar refractivity (Wildman–Crippen MR) is 70.0 cm³/mol. The molecule has 3 aromatic rings. The van der Waals surface area contributed by atoms with Crippen LogP contribution in [0, 0.1) is 0 Å². The van der Waals surface area contributed by atoms with Gasteiger partial charge in [-0.2, -0.15) is 0 Å². The molecule has 0 aliphatic heterocycles. The molecule has 0 spiro atoms. The van der Waals surface area contributed by atoms with Crippen LogP contribution in [0.5, 0.6) is 0 Å². The summed E-state index contributed by atoms with van der Waals surface area (Å²) < 4.78 is 5.58. The summed E-state index contributed by atoms with van der Waals surface area (Å²) in [7, 11) is 0. The number of ketones is 1. The molecule has 6 heteroatoms. The van der Waals surface area contributed by atoms with Crippen molar-refractivity contribution < 1.29 is 9.21 Å². The lowest BCUT2D eigenvalue weighted by Crippen LogP contribution is -1.89. The van der Waals surface area contributed by atoms with Gasteiger partial charge in [-0.3, -0.25) is 4.79 Å². The van der Waals surface area contributed by atoms with Crippen molar-refractivity contribution in [3.63, 3.8) is 0 Å². The second kappa shape index (κ2) is 4.44. The number of hydrogen-bond donors (Lipinski definition) is 0. The first-order valence-corrected chi connectivity index (χ1v) is 5.92. The van der Waals surface area contributed by atoms with E-state index in [1.807, 2.05) is 0 Å². The van der Waals surface area contributed by atoms with Crippen LogP contribution >= 0.6 is 11.6 Å². The van der Waals surface area contributed by atoms with Gasteiger partial charge in [-0.1, -0.05) is 11.6 Å². The number of fused-ring (bicyclic) bond motifs is 1. The third kappa shape index (κ3) is 2.20. The molecule has 0 fully saturated rings. The van der Waals surface area contributed by atoms with Crippen molar-refractivity contribution >= 4 is 28.5 Å². The fourth-order valence-corrected chi connectivity index (χ4v) is 1.78. The average Bonchev–Trinajstić information content (AvgIpc) is 2.82. The minimum absolute atomic E-state index is 0.0221. The Hall–Kier alpha value is -2.27. The molecule has 94 valence electrons. The van der Waals surface area contributed by atoms with Crippen molar-refractivity contribution in [3.8, 4) is 11.6 Å². The third-order valence-electron chi connectivity index (χ3n) is 2.65. The van der Waals surface area contributed by atoms with E-state index >= 15 is 0 Å². The van der Waals surface area contributed by atoms with Gasteiger partial charge in [-0.05, 0) is 37.3 Å². The van der Waals surface area contributed by atoms with Crippen LogP contribution in [-0.4, -0.2) is 21.0 Å². The van der Waals surface area contributed by atoms with Gasteiger partial charge in [0.2, 0.25) is 5.89 Å². The highest BCUT2D eigenvalue weighted by Crippen LogP contribution is 2.23. The van der Waals surface area contributed by atoms with Crippen LogP contribution in [0.15, 0.2) is 34.7 Å². The van der Waals surface area contributed by atoms with E-state index in [-0.39, 0.29) is 5.78 Å². The zero-order chi connectivity index (χ0) is 13.4. The van der Waals surface area contributed by atoms with Gasteiger partial charge in [0.05, 0.1) is 0 Å². The SMILES string of the molecule is CC(=O)c1ccc2nc(-c3ccc(Cl)nn3)oc2c1. The van der Waals surface area contributed by atoms with Gasteiger partial charge in [-0.25, -0.2) is 4.98 Å². The Morgan fingerprint density at radius 2 is 2.05 bits per heavy atom. The van der Waals surface area contributed by atoms with Gasteiger partial charge in [0.25, 0.3) is 0 Å². The van der Waals surface area contributed by atoms with Gasteiger partial charge in [0.1, 0.15) is 11.2 Å². The number of carbonyl (C=O) groups excluding carboxylic acids is 1. The van der Waals surface area contributed by atoms with Gasteiger partial charge in [-0.15, -0.1) is 10.2 Å². The molecule has 2 heterocycles. The highest BCUT2D eigenvalue weighted by Gasteiger charge is 2.11. The lowest BCUT2D eigenvalue weighted by molar-refractivity contribution is 0.101. The van der Waals surface area contributed by atoms with Crippen molar-refractivity contribution in [2.24, 2.45) is 0 Å². The Bertz CT molecular complexity index is 765. The number of carbonyl (C=O) groups is 1. The van der Waals surface area contributed by atoms with Crippen molar-refractivity contribution in [1.82, 2.24) is 15.2 Å². The molecule has 0 saturated carbocycles. The van der Waals surface area contributed by atoms with E-state index in [0.717, 1.165) is 0 Å². The number of rotatable bonds is 2. The lowest BCUT2D eigenvalue weighted by Gasteiger charge is -1.93. The Labute approximate surface area is 113 Å². The van der Waals surface area contributed by atoms with Crippen LogP contribution < -0.4 is 0 Å². The maximum absolute atomic E-state index is 11.3. The topological polar surface area (TPSA) is 68.9 Å². The standard InChI is InChI=1S/C13H8ClN3O2/c1-7(18)8-2-3-9-11(6-8)19-13(15-9)10-4-5-12(14)17-16-10/h2-6H,1H3. The van der Waals surface area contributed by atoms with Crippen LogP contribution in [0.2, 0.25) is 5.15 Å². The summed E-state index contributed by atoms with van der Waals surface area (Å²) >= 11 is 5.67. The van der Waals surface area contributed by atoms with Gasteiger partial charge < -0.3 is 4.42 Å². The summed E-state index contributed by atoms with van der Waals surface area (Å²) in [6.45, 7) is 1.50. The number of Topliss-reactive ketones (excluding diaryl/α,β-unsaturated/α-hetero) is 1. The largest absolute Gasteiger partial charge is 0.435 e. The molecule has 0 atom stereocenters. The molecule has 19 heavy (non-hydrogen) atoms. The highest BCUT2D eigenvalue weighted by molar-refractivity contribution is 6.29. The van der Waals surface area contributed by atoms with Crippen molar-refractivity contribution in [3.05, 3.63) is 41.0 Å². The second-order valence-corrected chi connectivity index (χ2v) is 4.39. The second-order valence-electron chi connectivity index (χ2n) is 4.00. The number of hydrogen-bond acceptors (Lipinski definition) is 5. The molecule has 5 nitrogen and oxygen atoms in total. The number of halogens is 1. The Morgan fingerprint density at radius 3 is 2.74 bits per heavy atom. The Balaban J connectivity index is 2.11. The Morgan fingerprint density at radius 1 is 1.21 bits per heavy atom. The predicted octanol–water partition coefficient (Wildman–Crippen LogP) is 3.14. The van der Waals surface area contributed by atoms with Gasteiger partial charge >= 0.3 is 0 Å². The molecule has 0 unspecified atom stereocenters. The smallest absolute Gasteiger partial charge is 0.248 e. The molecular formula is C13H8ClN3O2. The molecule has 0 aliphatic rings. The zero-order valence-electron chi connectivity index (χ0n) is 9.92. The third-order valence-corrected chi connectivity index (χ3v) is 2.85.